The Balaban J connectivity index is 1.53. The Bertz CT molecular complexity index is 879. The summed E-state index contributed by atoms with van der Waals surface area (Å²) in [5.41, 5.74) is 1.24. The second-order valence-electron chi connectivity index (χ2n) is 11.6. The highest BCUT2D eigenvalue weighted by Gasteiger charge is 2.54. The molecule has 3 saturated carbocycles. The largest absolute Gasteiger partial charge is 0.391 e. The van der Waals surface area contributed by atoms with Crippen molar-refractivity contribution in [3.05, 3.63) is 12.2 Å². The van der Waals surface area contributed by atoms with Crippen LogP contribution in [0.15, 0.2) is 12.2 Å². The molecule has 2 N–H and O–H groups in total. The van der Waals surface area contributed by atoms with Crippen molar-refractivity contribution in [3.8, 4) is 0 Å². The van der Waals surface area contributed by atoms with Gasteiger partial charge in [-0.05, 0) is 78.9 Å². The lowest BCUT2D eigenvalue weighted by Gasteiger charge is -2.52. The highest BCUT2D eigenvalue weighted by atomic mass is 32.2. The molecule has 0 aromatic carbocycles. The van der Waals surface area contributed by atoms with Crippen molar-refractivity contribution in [2.75, 3.05) is 6.54 Å². The number of carbonyl (C=O) groups excluding carboxylic acids is 1. The van der Waals surface area contributed by atoms with Crippen LogP contribution >= 0.6 is 0 Å². The van der Waals surface area contributed by atoms with Crippen molar-refractivity contribution in [1.29, 1.82) is 0 Å². The number of nitrogens with zero attached hydrogens (tertiary/aromatic N) is 1. The molecule has 0 aromatic rings. The molecule has 188 valence electrons. The molecule has 6 nitrogen and oxygen atoms in total. The van der Waals surface area contributed by atoms with Gasteiger partial charge in [-0.3, -0.25) is 4.79 Å². The van der Waals surface area contributed by atoms with Gasteiger partial charge in [-0.15, -0.1) is 0 Å². The van der Waals surface area contributed by atoms with Crippen molar-refractivity contribution in [2.24, 2.45) is 53.3 Å². The summed E-state index contributed by atoms with van der Waals surface area (Å²) in [7, 11) is -4.10. The fourth-order valence-corrected chi connectivity index (χ4v) is 9.13. The fourth-order valence-electron chi connectivity index (χ4n) is 7.80. The molecular formula is C25H41FN2O4S. The second-order valence-corrected chi connectivity index (χ2v) is 13.3. The Labute approximate surface area is 198 Å². The summed E-state index contributed by atoms with van der Waals surface area (Å²) >= 11 is 0. The van der Waals surface area contributed by atoms with Gasteiger partial charge in [0, 0.05) is 0 Å². The number of aliphatic hydroxyl groups is 1. The van der Waals surface area contributed by atoms with Gasteiger partial charge in [-0.2, -0.15) is 12.7 Å². The average Bonchev–Trinajstić information content (AvgIpc) is 3.02. The predicted molar refractivity (Wildman–Crippen MR) is 126 cm³/mol. The summed E-state index contributed by atoms with van der Waals surface area (Å²) < 4.78 is 43.4. The van der Waals surface area contributed by atoms with Gasteiger partial charge in [-0.25, -0.2) is 9.11 Å². The summed E-state index contributed by atoms with van der Waals surface area (Å²) in [5.74, 6) is 2.52. The van der Waals surface area contributed by atoms with Gasteiger partial charge >= 0.3 is 10.2 Å². The van der Waals surface area contributed by atoms with E-state index in [0.717, 1.165) is 17.1 Å². The van der Waals surface area contributed by atoms with E-state index in [1.54, 1.807) is 0 Å². The van der Waals surface area contributed by atoms with E-state index < -0.39 is 41.0 Å². The number of fused-ring (bicyclic) bond motifs is 1. The molecule has 33 heavy (non-hydrogen) atoms. The van der Waals surface area contributed by atoms with Crippen LogP contribution in [-0.2, 0) is 15.0 Å². The SMILES string of the molecule is C=C(C1CCC2CC(O)C(N3CC(=O)NS3(=O)=O)C(F)C2C1)C1C(C)C(C)C(C)C(C)C1C. The van der Waals surface area contributed by atoms with Gasteiger partial charge in [0.1, 0.15) is 6.17 Å². The van der Waals surface area contributed by atoms with E-state index in [1.807, 2.05) is 4.72 Å². The number of allylic oxidation sites excluding steroid dienone is 1. The quantitative estimate of drug-likeness (QED) is 0.600. The molecule has 3 aliphatic carbocycles. The van der Waals surface area contributed by atoms with Crippen LogP contribution in [0.2, 0.25) is 0 Å². The summed E-state index contributed by atoms with van der Waals surface area (Å²) in [6, 6.07) is -1.21. The lowest BCUT2D eigenvalue weighted by Crippen LogP contribution is -2.59. The number of amides is 1. The highest BCUT2D eigenvalue weighted by Crippen LogP contribution is 2.53. The summed E-state index contributed by atoms with van der Waals surface area (Å²) in [4.78, 5) is 11.7. The van der Waals surface area contributed by atoms with Gasteiger partial charge in [0.2, 0.25) is 5.91 Å². The smallest absolute Gasteiger partial charge is 0.304 e. The van der Waals surface area contributed by atoms with Crippen molar-refractivity contribution in [1.82, 2.24) is 9.03 Å². The molecule has 1 aliphatic heterocycles. The Kier molecular flexibility index (Phi) is 6.77. The maximum Gasteiger partial charge on any atom is 0.304 e. The third-order valence-corrected chi connectivity index (χ3v) is 11.8. The molecule has 0 aromatic heterocycles. The van der Waals surface area contributed by atoms with Crippen LogP contribution in [0.1, 0.15) is 60.3 Å². The third kappa shape index (κ3) is 4.18. The van der Waals surface area contributed by atoms with Crippen LogP contribution in [0.4, 0.5) is 4.39 Å². The number of aliphatic hydroxyl groups excluding tert-OH is 1. The molecular weight excluding hydrogens is 443 g/mol. The van der Waals surface area contributed by atoms with Crippen LogP contribution in [0.3, 0.4) is 0 Å². The normalized spacial score (nSPS) is 50.5. The molecule has 1 amide bonds. The van der Waals surface area contributed by atoms with Crippen LogP contribution in [-0.4, -0.2) is 48.6 Å². The molecule has 10 atom stereocenters. The van der Waals surface area contributed by atoms with Crippen molar-refractivity contribution < 1.29 is 22.7 Å². The predicted octanol–water partition coefficient (Wildman–Crippen LogP) is 3.53. The molecule has 0 radical (unpaired) electrons. The number of halogens is 1. The third-order valence-electron chi connectivity index (χ3n) is 10.3. The molecule has 1 heterocycles. The maximum atomic E-state index is 15.9. The van der Waals surface area contributed by atoms with Crippen molar-refractivity contribution >= 4 is 16.1 Å². The molecule has 4 rings (SSSR count). The lowest BCUT2D eigenvalue weighted by atomic mass is 9.54. The zero-order chi connectivity index (χ0) is 24.4. The summed E-state index contributed by atoms with van der Waals surface area (Å²) in [5, 5.41) is 10.7. The van der Waals surface area contributed by atoms with E-state index in [4.69, 9.17) is 0 Å². The van der Waals surface area contributed by atoms with E-state index in [0.29, 0.717) is 48.3 Å². The molecule has 1 saturated heterocycles. The topological polar surface area (TPSA) is 86.7 Å². The zero-order valence-electron chi connectivity index (χ0n) is 20.6. The first kappa shape index (κ1) is 25.1. The monoisotopic (exact) mass is 484 g/mol. The number of alkyl halides is 1. The van der Waals surface area contributed by atoms with Gasteiger partial charge in [0.25, 0.3) is 0 Å². The Morgan fingerprint density at radius 1 is 1.03 bits per heavy atom. The number of nitrogens with one attached hydrogen (secondary N) is 1. The number of hydrogen-bond donors (Lipinski definition) is 2. The first-order valence-corrected chi connectivity index (χ1v) is 14.1. The fraction of sp³-hybridized carbons (Fsp3) is 0.880. The van der Waals surface area contributed by atoms with E-state index in [1.165, 1.54) is 5.57 Å². The average molecular weight is 485 g/mol. The zero-order valence-corrected chi connectivity index (χ0v) is 21.4. The van der Waals surface area contributed by atoms with Crippen LogP contribution < -0.4 is 4.72 Å². The van der Waals surface area contributed by atoms with Gasteiger partial charge < -0.3 is 5.11 Å². The second kappa shape index (κ2) is 8.90. The van der Waals surface area contributed by atoms with Crippen LogP contribution in [0.5, 0.6) is 0 Å². The van der Waals surface area contributed by atoms with Crippen molar-refractivity contribution in [2.45, 2.75) is 78.6 Å². The molecule has 0 spiro atoms. The first-order chi connectivity index (χ1) is 15.3. The summed E-state index contributed by atoms with van der Waals surface area (Å²) in [6.07, 6.45) is 0.162. The Morgan fingerprint density at radius 3 is 2.15 bits per heavy atom. The minimum absolute atomic E-state index is 0.0309. The minimum Gasteiger partial charge on any atom is -0.391 e. The maximum absolute atomic E-state index is 15.9. The molecule has 10 unspecified atom stereocenters. The minimum atomic E-state index is -4.10. The Morgan fingerprint density at radius 2 is 1.61 bits per heavy atom. The lowest BCUT2D eigenvalue weighted by molar-refractivity contribution is -0.120. The first-order valence-electron chi connectivity index (χ1n) is 12.7. The van der Waals surface area contributed by atoms with E-state index in [9.17, 15) is 18.3 Å². The Hall–Kier alpha value is -0.990. The molecule has 8 heteroatoms. The summed E-state index contributed by atoms with van der Waals surface area (Å²) in [6.45, 7) is 15.8. The van der Waals surface area contributed by atoms with Gasteiger partial charge in [0.15, 0.2) is 0 Å². The molecule has 4 fully saturated rings. The van der Waals surface area contributed by atoms with Gasteiger partial charge in [-0.1, -0.05) is 46.8 Å². The molecule has 0 bridgehead atoms. The number of carbonyl (C=O) groups is 1. The highest BCUT2D eigenvalue weighted by molar-refractivity contribution is 7.88. The van der Waals surface area contributed by atoms with E-state index in [2.05, 4.69) is 41.2 Å². The van der Waals surface area contributed by atoms with Crippen molar-refractivity contribution in [3.63, 3.8) is 0 Å². The van der Waals surface area contributed by atoms with Crippen LogP contribution in [0.25, 0.3) is 0 Å². The van der Waals surface area contributed by atoms with E-state index in [-0.39, 0.29) is 17.8 Å². The number of rotatable bonds is 3. The molecule has 4 aliphatic rings. The van der Waals surface area contributed by atoms with Gasteiger partial charge in [0.05, 0.1) is 18.7 Å². The van der Waals surface area contributed by atoms with E-state index >= 15 is 4.39 Å². The number of hydrogen-bond acceptors (Lipinski definition) is 4. The standard InChI is InChI=1S/C25H41FN2O4S/c1-12-13(2)15(4)23(16(5)14(12)3)17(6)18-7-8-19-10-21(29)25(24(26)20(19)9-18)28-11-22(30)27-33(28,31)32/h12-16,18-21,23-25,29H,6-11H2,1-5H3,(H,27,30). The van der Waals surface area contributed by atoms with Crippen LogP contribution in [0, 0.1) is 53.3 Å².